The van der Waals surface area contributed by atoms with Crippen LogP contribution in [-0.2, 0) is 10.5 Å². The van der Waals surface area contributed by atoms with Crippen molar-refractivity contribution in [3.8, 4) is 5.75 Å². The molecular weight excluding hydrogens is 400 g/mol. The molecule has 132 valence electrons. The highest BCUT2D eigenvalue weighted by molar-refractivity contribution is 9.10. The monoisotopic (exact) mass is 420 g/mol. The van der Waals surface area contributed by atoms with Gasteiger partial charge in [-0.2, -0.15) is 5.10 Å². The lowest BCUT2D eigenvalue weighted by Crippen LogP contribution is -2.21. The van der Waals surface area contributed by atoms with E-state index in [1.165, 1.54) is 11.1 Å². The van der Waals surface area contributed by atoms with Crippen molar-refractivity contribution in [1.29, 1.82) is 0 Å². The van der Waals surface area contributed by atoms with Gasteiger partial charge in [-0.05, 0) is 64.7 Å². The predicted octanol–water partition coefficient (Wildman–Crippen LogP) is 4.54. The number of carbonyl (C=O) groups is 1. The minimum absolute atomic E-state index is 0.106. The summed E-state index contributed by atoms with van der Waals surface area (Å²) < 4.78 is 6.06. The molecule has 0 aliphatic rings. The van der Waals surface area contributed by atoms with E-state index in [2.05, 4.69) is 45.5 Å². The molecule has 0 spiro atoms. The standard InChI is InChI=1S/C19H21BrN2O2S/c1-13-6-4-5-7-16(13)11-25-12-19(23)22-21-14(2)15-8-9-18(24-3)17(20)10-15/h4-10H,11-12H2,1-3H3,(H,22,23)/b21-14-. The summed E-state index contributed by atoms with van der Waals surface area (Å²) in [5.74, 6) is 1.84. The van der Waals surface area contributed by atoms with E-state index in [1.807, 2.05) is 37.3 Å². The predicted molar refractivity (Wildman–Crippen MR) is 108 cm³/mol. The summed E-state index contributed by atoms with van der Waals surface area (Å²) >= 11 is 5.03. The molecule has 6 heteroatoms. The maximum atomic E-state index is 12.0. The first kappa shape index (κ1) is 19.5. The van der Waals surface area contributed by atoms with Crippen LogP contribution in [0.5, 0.6) is 5.75 Å². The Morgan fingerprint density at radius 1 is 1.28 bits per heavy atom. The second-order valence-corrected chi connectivity index (χ2v) is 7.34. The van der Waals surface area contributed by atoms with Gasteiger partial charge in [0.15, 0.2) is 0 Å². The molecule has 0 heterocycles. The summed E-state index contributed by atoms with van der Waals surface area (Å²) in [5, 5.41) is 4.18. The SMILES string of the molecule is COc1ccc(/C(C)=N\NC(=O)CSCc2ccccc2C)cc1Br. The largest absolute Gasteiger partial charge is 0.496 e. The van der Waals surface area contributed by atoms with Gasteiger partial charge in [0.1, 0.15) is 5.75 Å². The zero-order valence-corrected chi connectivity index (χ0v) is 16.9. The zero-order chi connectivity index (χ0) is 18.2. The van der Waals surface area contributed by atoms with Gasteiger partial charge >= 0.3 is 0 Å². The van der Waals surface area contributed by atoms with E-state index < -0.39 is 0 Å². The van der Waals surface area contributed by atoms with Crippen LogP contribution in [0.25, 0.3) is 0 Å². The first-order valence-corrected chi connectivity index (χ1v) is 9.75. The lowest BCUT2D eigenvalue weighted by atomic mass is 10.1. The highest BCUT2D eigenvalue weighted by Gasteiger charge is 2.06. The molecule has 0 aliphatic carbocycles. The number of benzene rings is 2. The fourth-order valence-electron chi connectivity index (χ4n) is 2.16. The average molecular weight is 421 g/mol. The number of thioether (sulfide) groups is 1. The van der Waals surface area contributed by atoms with Gasteiger partial charge in [0.25, 0.3) is 0 Å². The highest BCUT2D eigenvalue weighted by Crippen LogP contribution is 2.25. The number of hydrogen-bond donors (Lipinski definition) is 1. The molecule has 0 saturated carbocycles. The van der Waals surface area contributed by atoms with E-state index in [0.29, 0.717) is 5.75 Å². The van der Waals surface area contributed by atoms with Crippen LogP contribution in [-0.4, -0.2) is 24.5 Å². The number of methoxy groups -OCH3 is 1. The van der Waals surface area contributed by atoms with Crippen LogP contribution in [0.3, 0.4) is 0 Å². The lowest BCUT2D eigenvalue weighted by Gasteiger charge is -2.07. The van der Waals surface area contributed by atoms with E-state index in [4.69, 9.17) is 4.74 Å². The number of hydrazone groups is 1. The molecule has 0 radical (unpaired) electrons. The number of amides is 1. The van der Waals surface area contributed by atoms with Crippen molar-refractivity contribution < 1.29 is 9.53 Å². The highest BCUT2D eigenvalue weighted by atomic mass is 79.9. The summed E-state index contributed by atoms with van der Waals surface area (Å²) in [6.45, 7) is 3.94. The maximum absolute atomic E-state index is 12.0. The van der Waals surface area contributed by atoms with Gasteiger partial charge in [0.05, 0.1) is 23.0 Å². The van der Waals surface area contributed by atoms with Crippen molar-refractivity contribution in [3.63, 3.8) is 0 Å². The fourth-order valence-corrected chi connectivity index (χ4v) is 3.60. The van der Waals surface area contributed by atoms with Crippen molar-refractivity contribution in [2.45, 2.75) is 19.6 Å². The fraction of sp³-hybridized carbons (Fsp3) is 0.263. The Morgan fingerprint density at radius 3 is 2.72 bits per heavy atom. The van der Waals surface area contributed by atoms with Gasteiger partial charge in [-0.1, -0.05) is 24.3 Å². The Kier molecular flexibility index (Phi) is 7.52. The molecule has 0 unspecified atom stereocenters. The molecule has 1 N–H and O–H groups in total. The third kappa shape index (κ3) is 5.90. The van der Waals surface area contributed by atoms with Crippen LogP contribution in [0.1, 0.15) is 23.6 Å². The van der Waals surface area contributed by atoms with Crippen LogP contribution in [0.4, 0.5) is 0 Å². The van der Waals surface area contributed by atoms with Crippen LogP contribution >= 0.6 is 27.7 Å². The van der Waals surface area contributed by atoms with Gasteiger partial charge < -0.3 is 4.74 Å². The van der Waals surface area contributed by atoms with Crippen LogP contribution in [0, 0.1) is 6.92 Å². The number of nitrogens with zero attached hydrogens (tertiary/aromatic N) is 1. The maximum Gasteiger partial charge on any atom is 0.250 e. The van der Waals surface area contributed by atoms with E-state index in [1.54, 1.807) is 18.9 Å². The number of rotatable bonds is 7. The van der Waals surface area contributed by atoms with Crippen LogP contribution in [0.15, 0.2) is 52.0 Å². The summed E-state index contributed by atoms with van der Waals surface area (Å²) in [6, 6.07) is 13.9. The minimum atomic E-state index is -0.106. The number of halogens is 1. The molecule has 0 atom stereocenters. The third-order valence-corrected chi connectivity index (χ3v) is 5.27. The summed E-state index contributed by atoms with van der Waals surface area (Å²) in [6.07, 6.45) is 0. The topological polar surface area (TPSA) is 50.7 Å². The van der Waals surface area contributed by atoms with Crippen LogP contribution < -0.4 is 10.2 Å². The Hall–Kier alpha value is -1.79. The first-order valence-electron chi connectivity index (χ1n) is 7.80. The normalized spacial score (nSPS) is 11.3. The smallest absolute Gasteiger partial charge is 0.250 e. The summed E-state index contributed by atoms with van der Waals surface area (Å²) in [4.78, 5) is 12.0. The van der Waals surface area contributed by atoms with E-state index in [-0.39, 0.29) is 5.91 Å². The summed E-state index contributed by atoms with van der Waals surface area (Å²) in [7, 11) is 1.62. The summed E-state index contributed by atoms with van der Waals surface area (Å²) in [5.41, 5.74) is 6.76. The van der Waals surface area contributed by atoms with Gasteiger partial charge in [-0.3, -0.25) is 4.79 Å². The van der Waals surface area contributed by atoms with Gasteiger partial charge in [0, 0.05) is 5.75 Å². The quantitative estimate of drug-likeness (QED) is 0.528. The molecule has 0 fully saturated rings. The van der Waals surface area contributed by atoms with Crippen molar-refractivity contribution >= 4 is 39.3 Å². The second-order valence-electron chi connectivity index (χ2n) is 5.50. The molecule has 0 aromatic heterocycles. The second kappa shape index (κ2) is 9.63. The number of aryl methyl sites for hydroxylation is 1. The average Bonchev–Trinajstić information content (AvgIpc) is 2.61. The lowest BCUT2D eigenvalue weighted by molar-refractivity contribution is -0.118. The number of nitrogens with one attached hydrogen (secondary N) is 1. The molecule has 2 aromatic carbocycles. The van der Waals surface area contributed by atoms with Crippen molar-refractivity contribution in [3.05, 3.63) is 63.6 Å². The molecule has 2 rings (SSSR count). The molecule has 1 amide bonds. The first-order chi connectivity index (χ1) is 12.0. The van der Waals surface area contributed by atoms with Crippen molar-refractivity contribution in [1.82, 2.24) is 5.43 Å². The Labute approximate surface area is 161 Å². The number of carbonyl (C=O) groups excluding carboxylic acids is 1. The Balaban J connectivity index is 1.85. The molecule has 2 aromatic rings. The van der Waals surface area contributed by atoms with Gasteiger partial charge in [-0.15, -0.1) is 11.8 Å². The Bertz CT molecular complexity index is 778. The zero-order valence-electron chi connectivity index (χ0n) is 14.5. The molecular formula is C19H21BrN2O2S. The molecule has 0 saturated heterocycles. The third-order valence-electron chi connectivity index (χ3n) is 3.67. The molecule has 0 aliphatic heterocycles. The van der Waals surface area contributed by atoms with Crippen molar-refractivity contribution in [2.75, 3.05) is 12.9 Å². The Morgan fingerprint density at radius 2 is 2.04 bits per heavy atom. The number of hydrogen-bond acceptors (Lipinski definition) is 4. The van der Waals surface area contributed by atoms with Gasteiger partial charge in [-0.25, -0.2) is 5.43 Å². The van der Waals surface area contributed by atoms with E-state index in [0.717, 1.165) is 27.3 Å². The van der Waals surface area contributed by atoms with E-state index >= 15 is 0 Å². The number of ether oxygens (including phenoxy) is 1. The van der Waals surface area contributed by atoms with Gasteiger partial charge in [0.2, 0.25) is 5.91 Å². The van der Waals surface area contributed by atoms with Crippen LogP contribution in [0.2, 0.25) is 0 Å². The molecule has 25 heavy (non-hydrogen) atoms. The van der Waals surface area contributed by atoms with Crippen molar-refractivity contribution in [2.24, 2.45) is 5.10 Å². The molecule has 0 bridgehead atoms. The molecule has 4 nitrogen and oxygen atoms in total. The minimum Gasteiger partial charge on any atom is -0.496 e. The van der Waals surface area contributed by atoms with E-state index in [9.17, 15) is 4.79 Å².